The molecule has 2 aliphatic rings. The van der Waals surface area contributed by atoms with Gasteiger partial charge in [0.1, 0.15) is 6.04 Å². The standard InChI is InChI=1S/C21H18N4O5/c1-11-10-22-7-6-12(11)8-18(27)23-13-2-3-14-15(9-13)21(30)25(20(14)29)16-4-5-17(26)24-19(16)28/h2-3,6-7,9-10,16H,4-5,8H2,1H3,(H,23,27)(H,24,26,28). The predicted octanol–water partition coefficient (Wildman–Crippen LogP) is 0.972. The molecular weight excluding hydrogens is 388 g/mol. The molecule has 5 amide bonds. The minimum absolute atomic E-state index is 0.0551. The van der Waals surface area contributed by atoms with Crippen LogP contribution < -0.4 is 10.6 Å². The topological polar surface area (TPSA) is 126 Å². The van der Waals surface area contributed by atoms with Crippen molar-refractivity contribution < 1.29 is 24.0 Å². The van der Waals surface area contributed by atoms with Crippen LogP contribution in [0.3, 0.4) is 0 Å². The molecule has 0 radical (unpaired) electrons. The number of carbonyl (C=O) groups excluding carboxylic acids is 5. The summed E-state index contributed by atoms with van der Waals surface area (Å²) >= 11 is 0. The van der Waals surface area contributed by atoms with Gasteiger partial charge in [0.2, 0.25) is 17.7 Å². The molecule has 1 aromatic carbocycles. The van der Waals surface area contributed by atoms with Crippen LogP contribution in [0.5, 0.6) is 0 Å². The number of hydrogen-bond acceptors (Lipinski definition) is 6. The Labute approximate surface area is 171 Å². The number of piperidine rings is 1. The van der Waals surface area contributed by atoms with Gasteiger partial charge in [-0.1, -0.05) is 0 Å². The molecule has 0 saturated carbocycles. The molecule has 1 fully saturated rings. The fourth-order valence-corrected chi connectivity index (χ4v) is 3.63. The van der Waals surface area contributed by atoms with Crippen molar-refractivity contribution in [3.8, 4) is 0 Å². The molecule has 4 rings (SSSR count). The zero-order chi connectivity index (χ0) is 21.4. The lowest BCUT2D eigenvalue weighted by Gasteiger charge is -2.27. The maximum Gasteiger partial charge on any atom is 0.262 e. The molecule has 1 saturated heterocycles. The van der Waals surface area contributed by atoms with Crippen molar-refractivity contribution in [1.82, 2.24) is 15.2 Å². The minimum atomic E-state index is -1.03. The van der Waals surface area contributed by atoms with Crippen LogP contribution in [0.4, 0.5) is 5.69 Å². The number of amides is 5. The highest BCUT2D eigenvalue weighted by molar-refractivity contribution is 6.23. The summed E-state index contributed by atoms with van der Waals surface area (Å²) in [5, 5.41) is 4.88. The summed E-state index contributed by atoms with van der Waals surface area (Å²) < 4.78 is 0. The Morgan fingerprint density at radius 1 is 1.17 bits per heavy atom. The van der Waals surface area contributed by atoms with Crippen molar-refractivity contribution in [3.63, 3.8) is 0 Å². The molecule has 2 N–H and O–H groups in total. The van der Waals surface area contributed by atoms with Gasteiger partial charge in [-0.15, -0.1) is 0 Å². The molecule has 2 aromatic rings. The van der Waals surface area contributed by atoms with Gasteiger partial charge in [0.05, 0.1) is 17.5 Å². The van der Waals surface area contributed by atoms with E-state index in [2.05, 4.69) is 15.6 Å². The van der Waals surface area contributed by atoms with E-state index < -0.39 is 29.7 Å². The highest BCUT2D eigenvalue weighted by Crippen LogP contribution is 2.29. The molecule has 152 valence electrons. The van der Waals surface area contributed by atoms with Crippen LogP contribution in [0.1, 0.15) is 44.7 Å². The summed E-state index contributed by atoms with van der Waals surface area (Å²) in [6.07, 6.45) is 3.57. The molecule has 1 atom stereocenters. The van der Waals surface area contributed by atoms with Gasteiger partial charge in [0.25, 0.3) is 11.8 Å². The molecule has 30 heavy (non-hydrogen) atoms. The third-order valence-corrected chi connectivity index (χ3v) is 5.21. The van der Waals surface area contributed by atoms with E-state index in [0.717, 1.165) is 16.0 Å². The number of aromatic nitrogens is 1. The van der Waals surface area contributed by atoms with Gasteiger partial charge in [-0.05, 0) is 48.7 Å². The van der Waals surface area contributed by atoms with Crippen LogP contribution in [0.25, 0.3) is 0 Å². The number of aryl methyl sites for hydroxylation is 1. The monoisotopic (exact) mass is 406 g/mol. The van der Waals surface area contributed by atoms with Gasteiger partial charge in [-0.3, -0.25) is 39.2 Å². The maximum absolute atomic E-state index is 12.8. The summed E-state index contributed by atoms with van der Waals surface area (Å²) in [4.78, 5) is 66.2. The fourth-order valence-electron chi connectivity index (χ4n) is 3.63. The number of hydrogen-bond donors (Lipinski definition) is 2. The number of nitrogens with zero attached hydrogens (tertiary/aromatic N) is 2. The first-order valence-corrected chi connectivity index (χ1v) is 9.40. The summed E-state index contributed by atoms with van der Waals surface area (Å²) in [5.74, 6) is -2.58. The van der Waals surface area contributed by atoms with E-state index in [-0.39, 0.29) is 36.3 Å². The molecule has 0 bridgehead atoms. The van der Waals surface area contributed by atoms with Crippen molar-refractivity contribution >= 4 is 35.2 Å². The number of anilines is 1. The molecular formula is C21H18N4O5. The van der Waals surface area contributed by atoms with Gasteiger partial charge >= 0.3 is 0 Å². The van der Waals surface area contributed by atoms with Crippen LogP contribution in [0.2, 0.25) is 0 Å². The summed E-state index contributed by atoms with van der Waals surface area (Å²) in [6.45, 7) is 1.86. The lowest BCUT2D eigenvalue weighted by atomic mass is 10.0. The number of fused-ring (bicyclic) bond motifs is 1. The predicted molar refractivity (Wildman–Crippen MR) is 104 cm³/mol. The summed E-state index contributed by atoms with van der Waals surface area (Å²) in [6, 6.07) is 5.16. The Kier molecular flexibility index (Phi) is 4.86. The first kappa shape index (κ1) is 19.4. The maximum atomic E-state index is 12.8. The quantitative estimate of drug-likeness (QED) is 0.729. The molecule has 0 spiro atoms. The molecule has 9 heteroatoms. The van der Waals surface area contributed by atoms with Crippen LogP contribution in [-0.4, -0.2) is 45.5 Å². The molecule has 2 aliphatic heterocycles. The number of benzene rings is 1. The van der Waals surface area contributed by atoms with Crippen LogP contribution in [0, 0.1) is 6.92 Å². The normalized spacial score (nSPS) is 18.3. The van der Waals surface area contributed by atoms with Gasteiger partial charge in [-0.25, -0.2) is 0 Å². The zero-order valence-electron chi connectivity index (χ0n) is 16.1. The second-order valence-electron chi connectivity index (χ2n) is 7.23. The van der Waals surface area contributed by atoms with Gasteiger partial charge in [0, 0.05) is 24.5 Å². The summed E-state index contributed by atoms with van der Waals surface area (Å²) in [5.41, 5.74) is 2.37. The van der Waals surface area contributed by atoms with Crippen molar-refractivity contribution in [3.05, 3.63) is 58.9 Å². The number of imide groups is 2. The van der Waals surface area contributed by atoms with E-state index in [1.165, 1.54) is 18.2 Å². The van der Waals surface area contributed by atoms with Gasteiger partial charge < -0.3 is 5.32 Å². The molecule has 1 aromatic heterocycles. The van der Waals surface area contributed by atoms with E-state index in [1.54, 1.807) is 18.5 Å². The Balaban J connectivity index is 1.52. The average molecular weight is 406 g/mol. The number of carbonyl (C=O) groups is 5. The lowest BCUT2D eigenvalue weighted by molar-refractivity contribution is -0.136. The van der Waals surface area contributed by atoms with Crippen LogP contribution >= 0.6 is 0 Å². The van der Waals surface area contributed by atoms with Gasteiger partial charge in [0.15, 0.2) is 0 Å². The number of nitrogens with one attached hydrogen (secondary N) is 2. The lowest BCUT2D eigenvalue weighted by Crippen LogP contribution is -2.54. The number of rotatable bonds is 4. The fraction of sp³-hybridized carbons (Fsp3) is 0.238. The molecule has 9 nitrogen and oxygen atoms in total. The van der Waals surface area contributed by atoms with E-state index in [4.69, 9.17) is 0 Å². The van der Waals surface area contributed by atoms with Crippen molar-refractivity contribution in [2.24, 2.45) is 0 Å². The van der Waals surface area contributed by atoms with Crippen molar-refractivity contribution in [2.45, 2.75) is 32.2 Å². The van der Waals surface area contributed by atoms with Crippen molar-refractivity contribution in [2.75, 3.05) is 5.32 Å². The molecule has 0 aliphatic carbocycles. The highest BCUT2D eigenvalue weighted by Gasteiger charge is 2.44. The first-order valence-electron chi connectivity index (χ1n) is 9.40. The average Bonchev–Trinajstić information content (AvgIpc) is 2.94. The van der Waals surface area contributed by atoms with Crippen molar-refractivity contribution in [1.29, 1.82) is 0 Å². The second kappa shape index (κ2) is 7.51. The van der Waals surface area contributed by atoms with E-state index >= 15 is 0 Å². The molecule has 3 heterocycles. The third-order valence-electron chi connectivity index (χ3n) is 5.21. The first-order chi connectivity index (χ1) is 14.3. The highest BCUT2D eigenvalue weighted by atomic mass is 16.2. The van der Waals surface area contributed by atoms with Crippen LogP contribution in [0.15, 0.2) is 36.7 Å². The summed E-state index contributed by atoms with van der Waals surface area (Å²) in [7, 11) is 0. The minimum Gasteiger partial charge on any atom is -0.326 e. The van der Waals surface area contributed by atoms with E-state index in [0.29, 0.717) is 5.69 Å². The largest absolute Gasteiger partial charge is 0.326 e. The molecule has 1 unspecified atom stereocenters. The Hall–Kier alpha value is -3.88. The Morgan fingerprint density at radius 2 is 1.93 bits per heavy atom. The van der Waals surface area contributed by atoms with E-state index in [1.807, 2.05) is 6.92 Å². The van der Waals surface area contributed by atoms with Gasteiger partial charge in [-0.2, -0.15) is 0 Å². The SMILES string of the molecule is Cc1cnccc1CC(=O)Nc1ccc2c(c1)C(=O)N(C1CCC(=O)NC1=O)C2=O. The van der Waals surface area contributed by atoms with Crippen LogP contribution in [-0.2, 0) is 20.8 Å². The number of pyridine rings is 1. The third kappa shape index (κ3) is 3.45. The smallest absolute Gasteiger partial charge is 0.262 e. The zero-order valence-corrected chi connectivity index (χ0v) is 16.1. The second-order valence-corrected chi connectivity index (χ2v) is 7.23. The van der Waals surface area contributed by atoms with E-state index in [9.17, 15) is 24.0 Å². The Morgan fingerprint density at radius 3 is 2.67 bits per heavy atom. The Bertz CT molecular complexity index is 1110.